The minimum absolute atomic E-state index is 0.305. The molecule has 13 rings (SSSR count). The summed E-state index contributed by atoms with van der Waals surface area (Å²) in [4.78, 5) is 0.315. The fourth-order valence-corrected chi connectivity index (χ4v) is 16.0. The van der Waals surface area contributed by atoms with E-state index >= 15 is 0 Å². The van der Waals surface area contributed by atoms with Crippen molar-refractivity contribution < 1.29 is 13.0 Å². The Morgan fingerprint density at radius 2 is 0.725 bits per heavy atom. The summed E-state index contributed by atoms with van der Waals surface area (Å²) in [6.07, 6.45) is 20.0. The first kappa shape index (κ1) is 24.6. The standard InChI is InChI=1S/C36H48O3S/c37-40(38,39)36-31(34-26-8-20-2-21(10-26)11-27(34)9-20)16-30(33-24-4-18-1-19(6-24)7-25(33)5-18)17-32(36)35-28-12-22-3-23(14-28)15-29(35)13-22/h16-29,33-35H,1-15H2,(H,37,38,39)/p-1. The van der Waals surface area contributed by atoms with Gasteiger partial charge in [0.1, 0.15) is 10.1 Å². The molecule has 0 aliphatic heterocycles. The molecular formula is C36H47O3S-. The molecule has 0 heterocycles. The van der Waals surface area contributed by atoms with Crippen LogP contribution in [0.5, 0.6) is 0 Å². The van der Waals surface area contributed by atoms with E-state index in [1.807, 2.05) is 0 Å². The van der Waals surface area contributed by atoms with E-state index in [9.17, 15) is 13.0 Å². The highest BCUT2D eigenvalue weighted by Gasteiger charge is 2.54. The van der Waals surface area contributed by atoms with Crippen LogP contribution in [-0.4, -0.2) is 13.0 Å². The highest BCUT2D eigenvalue weighted by atomic mass is 32.2. The Kier molecular flexibility index (Phi) is 5.15. The molecule has 40 heavy (non-hydrogen) atoms. The average Bonchev–Trinajstić information content (AvgIpc) is 2.86. The molecule has 12 aliphatic carbocycles. The van der Waals surface area contributed by atoms with Crippen LogP contribution in [0.3, 0.4) is 0 Å². The molecule has 3 nitrogen and oxygen atoms in total. The van der Waals surface area contributed by atoms with Crippen molar-refractivity contribution in [2.75, 3.05) is 0 Å². The molecule has 0 spiro atoms. The van der Waals surface area contributed by atoms with Gasteiger partial charge >= 0.3 is 0 Å². The van der Waals surface area contributed by atoms with Gasteiger partial charge in [-0.3, -0.25) is 0 Å². The molecule has 0 N–H and O–H groups in total. The van der Waals surface area contributed by atoms with E-state index in [1.54, 1.807) is 0 Å². The first-order chi connectivity index (χ1) is 19.3. The summed E-state index contributed by atoms with van der Waals surface area (Å²) >= 11 is 0. The van der Waals surface area contributed by atoms with Crippen molar-refractivity contribution in [3.63, 3.8) is 0 Å². The van der Waals surface area contributed by atoms with Gasteiger partial charge in [-0.25, -0.2) is 8.42 Å². The van der Waals surface area contributed by atoms with Gasteiger partial charge in [0, 0.05) is 0 Å². The second-order valence-corrected chi connectivity index (χ2v) is 18.7. The van der Waals surface area contributed by atoms with Crippen molar-refractivity contribution in [3.05, 3.63) is 28.8 Å². The molecule has 12 aliphatic rings. The van der Waals surface area contributed by atoms with Crippen molar-refractivity contribution in [3.8, 4) is 0 Å². The molecule has 0 saturated heterocycles. The largest absolute Gasteiger partial charge is 0.744 e. The highest BCUT2D eigenvalue weighted by Crippen LogP contribution is 2.65. The predicted octanol–water partition coefficient (Wildman–Crippen LogP) is 8.21. The first-order valence-electron chi connectivity index (χ1n) is 17.5. The topological polar surface area (TPSA) is 57.2 Å². The molecule has 216 valence electrons. The summed E-state index contributed by atoms with van der Waals surface area (Å²) in [5.74, 6) is 10.4. The third-order valence-corrected chi connectivity index (χ3v) is 16.2. The van der Waals surface area contributed by atoms with Crippen LogP contribution in [0.25, 0.3) is 0 Å². The number of rotatable bonds is 4. The molecule has 4 heteroatoms. The zero-order valence-electron chi connectivity index (χ0n) is 24.1. The van der Waals surface area contributed by atoms with Gasteiger partial charge in [-0.15, -0.1) is 0 Å². The van der Waals surface area contributed by atoms with Crippen LogP contribution in [0, 0.1) is 71.0 Å². The van der Waals surface area contributed by atoms with E-state index in [2.05, 4.69) is 12.1 Å². The highest BCUT2D eigenvalue weighted by molar-refractivity contribution is 7.85. The molecule has 0 atom stereocenters. The molecule has 0 unspecified atom stereocenters. The van der Waals surface area contributed by atoms with Crippen LogP contribution in [-0.2, 0) is 10.1 Å². The third kappa shape index (κ3) is 3.53. The fourth-order valence-electron chi connectivity index (χ4n) is 15.0. The van der Waals surface area contributed by atoms with Crippen molar-refractivity contribution in [2.45, 2.75) is 119 Å². The summed E-state index contributed by atoms with van der Waals surface area (Å²) in [5.41, 5.74) is 3.56. The maximum absolute atomic E-state index is 13.5. The zero-order chi connectivity index (χ0) is 26.5. The van der Waals surface area contributed by atoms with Crippen LogP contribution in [0.1, 0.15) is 131 Å². The van der Waals surface area contributed by atoms with E-state index in [4.69, 9.17) is 0 Å². The van der Waals surface area contributed by atoms with Crippen LogP contribution in [0.2, 0.25) is 0 Å². The average molecular weight is 560 g/mol. The van der Waals surface area contributed by atoms with E-state index in [-0.39, 0.29) is 0 Å². The molecule has 0 aromatic heterocycles. The first-order valence-corrected chi connectivity index (χ1v) is 18.9. The van der Waals surface area contributed by atoms with Crippen molar-refractivity contribution >= 4 is 10.1 Å². The number of hydrogen-bond acceptors (Lipinski definition) is 3. The second kappa shape index (κ2) is 8.40. The van der Waals surface area contributed by atoms with Crippen LogP contribution in [0.15, 0.2) is 17.0 Å². The molecule has 1 aromatic rings. The monoisotopic (exact) mass is 559 g/mol. The Morgan fingerprint density at radius 3 is 1.00 bits per heavy atom. The predicted molar refractivity (Wildman–Crippen MR) is 154 cm³/mol. The van der Waals surface area contributed by atoms with E-state index < -0.39 is 10.1 Å². The van der Waals surface area contributed by atoms with Crippen molar-refractivity contribution in [1.29, 1.82) is 0 Å². The lowest BCUT2D eigenvalue weighted by Crippen LogP contribution is -2.46. The lowest BCUT2D eigenvalue weighted by molar-refractivity contribution is -0.00868. The molecule has 12 saturated carbocycles. The van der Waals surface area contributed by atoms with Gasteiger partial charge in [0.15, 0.2) is 0 Å². The summed E-state index contributed by atoms with van der Waals surface area (Å²) in [6.45, 7) is 0. The minimum atomic E-state index is -4.55. The quantitative estimate of drug-likeness (QED) is 0.349. The number of benzene rings is 1. The normalized spacial score (nSPS) is 53.1. The molecule has 1 aromatic carbocycles. The van der Waals surface area contributed by atoms with Gasteiger partial charge in [-0.2, -0.15) is 0 Å². The van der Waals surface area contributed by atoms with Crippen LogP contribution in [0.4, 0.5) is 0 Å². The molecule has 0 radical (unpaired) electrons. The number of hydrogen-bond donors (Lipinski definition) is 0. The van der Waals surface area contributed by atoms with Gasteiger partial charge in [0.05, 0.1) is 4.90 Å². The summed E-state index contributed by atoms with van der Waals surface area (Å²) in [7, 11) is -4.55. The van der Waals surface area contributed by atoms with Gasteiger partial charge in [-0.05, 0) is 202 Å². The minimum Gasteiger partial charge on any atom is -0.744 e. The maximum atomic E-state index is 13.5. The smallest absolute Gasteiger partial charge is 0.124 e. The van der Waals surface area contributed by atoms with E-state index in [0.717, 1.165) is 58.5 Å². The Morgan fingerprint density at radius 1 is 0.450 bits per heavy atom. The Hall–Kier alpha value is -0.870. The molecule has 12 fully saturated rings. The SMILES string of the molecule is O=S(=O)([O-])c1c(C2C3CC4CC(C3)CC2C4)cc(C2C3CC4CC(C3)CC2C4)cc1C1C2CC3CC(C2)CC1C3. The van der Waals surface area contributed by atoms with E-state index in [1.165, 1.54) is 102 Å². The zero-order valence-corrected chi connectivity index (χ0v) is 24.9. The van der Waals surface area contributed by atoms with Gasteiger partial charge < -0.3 is 4.55 Å². The van der Waals surface area contributed by atoms with Gasteiger partial charge in [-0.1, -0.05) is 12.1 Å². The Labute approximate surface area is 241 Å². The fraction of sp³-hybridized carbons (Fsp3) is 0.833. The molecular weight excluding hydrogens is 512 g/mol. The third-order valence-electron chi connectivity index (χ3n) is 15.2. The second-order valence-electron chi connectivity index (χ2n) is 17.4. The molecule has 12 bridgehead atoms. The van der Waals surface area contributed by atoms with Crippen molar-refractivity contribution in [1.82, 2.24) is 0 Å². The van der Waals surface area contributed by atoms with Gasteiger partial charge in [0.25, 0.3) is 0 Å². The summed E-state index contributed by atoms with van der Waals surface area (Å²) in [5, 5.41) is 0. The summed E-state index contributed by atoms with van der Waals surface area (Å²) in [6, 6.07) is 4.79. The maximum Gasteiger partial charge on any atom is 0.124 e. The van der Waals surface area contributed by atoms with Crippen LogP contribution >= 0.6 is 0 Å². The van der Waals surface area contributed by atoms with Crippen molar-refractivity contribution in [2.24, 2.45) is 71.0 Å². The Balaban J connectivity index is 1.17. The lowest BCUT2D eigenvalue weighted by Gasteiger charge is -2.57. The lowest BCUT2D eigenvalue weighted by atomic mass is 9.48. The van der Waals surface area contributed by atoms with Crippen LogP contribution < -0.4 is 0 Å². The van der Waals surface area contributed by atoms with Gasteiger partial charge in [0.2, 0.25) is 0 Å². The summed E-state index contributed by atoms with van der Waals surface area (Å²) < 4.78 is 40.6. The Bertz CT molecular complexity index is 1200. The molecule has 0 amide bonds. The van der Waals surface area contributed by atoms with E-state index in [0.29, 0.717) is 46.3 Å².